The minimum absolute atomic E-state index is 0.875. The van der Waals surface area contributed by atoms with Crippen LogP contribution in [0.3, 0.4) is 0 Å². The highest BCUT2D eigenvalue weighted by Gasteiger charge is 2.23. The van der Waals surface area contributed by atoms with E-state index in [-0.39, 0.29) is 0 Å². The van der Waals surface area contributed by atoms with E-state index in [0.29, 0.717) is 0 Å². The zero-order valence-electron chi connectivity index (χ0n) is 27.9. The van der Waals surface area contributed by atoms with E-state index in [1.165, 1.54) is 27.8 Å². The predicted octanol–water partition coefficient (Wildman–Crippen LogP) is 13.8. The maximum atomic E-state index is 6.61. The third kappa shape index (κ3) is 5.14. The Hall–Kier alpha value is -6.58. The van der Waals surface area contributed by atoms with Crippen molar-refractivity contribution in [2.75, 3.05) is 4.90 Å². The molecule has 0 radical (unpaired) electrons. The van der Waals surface area contributed by atoms with Crippen molar-refractivity contribution in [1.82, 2.24) is 0 Å². The summed E-state index contributed by atoms with van der Waals surface area (Å²) in [7, 11) is 0. The lowest BCUT2D eigenvalue weighted by molar-refractivity contribution is 0.546. The van der Waals surface area contributed by atoms with Crippen LogP contribution >= 0.6 is 0 Å². The summed E-state index contributed by atoms with van der Waals surface area (Å²) in [5.41, 5.74) is 13.9. The van der Waals surface area contributed by atoms with Crippen LogP contribution in [0.25, 0.3) is 72.4 Å². The first-order chi connectivity index (χ1) is 25.3. The van der Waals surface area contributed by atoms with Gasteiger partial charge in [0.15, 0.2) is 0 Å². The number of furan rings is 2. The Bertz CT molecular complexity index is 2630. The van der Waals surface area contributed by atoms with Gasteiger partial charge in [0.1, 0.15) is 22.5 Å². The van der Waals surface area contributed by atoms with E-state index in [1.807, 2.05) is 12.1 Å². The molecule has 2 heterocycles. The van der Waals surface area contributed by atoms with Gasteiger partial charge in [0.2, 0.25) is 0 Å². The molecule has 0 spiro atoms. The van der Waals surface area contributed by atoms with Gasteiger partial charge in [-0.05, 0) is 82.8 Å². The minimum Gasteiger partial charge on any atom is -0.460 e. The van der Waals surface area contributed by atoms with E-state index in [0.717, 1.165) is 79.7 Å². The van der Waals surface area contributed by atoms with Crippen LogP contribution in [0.1, 0.15) is 17.7 Å². The van der Waals surface area contributed by atoms with Crippen molar-refractivity contribution >= 4 is 56.0 Å². The molecule has 1 aliphatic carbocycles. The Morgan fingerprint density at radius 3 is 1.69 bits per heavy atom. The monoisotopic (exact) mass is 655 g/mol. The fraction of sp³-hybridized carbons (Fsp3) is 0.0417. The maximum Gasteiger partial charge on any atom is 0.137 e. The molecule has 0 saturated carbocycles. The van der Waals surface area contributed by atoms with Crippen molar-refractivity contribution in [2.45, 2.75) is 12.8 Å². The molecule has 0 bridgehead atoms. The molecule has 7 aromatic carbocycles. The molecule has 51 heavy (non-hydrogen) atoms. The van der Waals surface area contributed by atoms with Crippen LogP contribution in [0.15, 0.2) is 179 Å². The first-order valence-corrected chi connectivity index (χ1v) is 17.6. The first-order valence-electron chi connectivity index (χ1n) is 17.6. The molecular weight excluding hydrogens is 623 g/mol. The van der Waals surface area contributed by atoms with E-state index in [4.69, 9.17) is 8.83 Å². The van der Waals surface area contributed by atoms with Crippen LogP contribution in [0.4, 0.5) is 17.1 Å². The molecule has 10 rings (SSSR count). The zero-order valence-corrected chi connectivity index (χ0v) is 27.9. The van der Waals surface area contributed by atoms with Gasteiger partial charge in [0, 0.05) is 51.1 Å². The number of allylic oxidation sites excluding steroid dienone is 1. The van der Waals surface area contributed by atoms with Crippen LogP contribution < -0.4 is 4.90 Å². The van der Waals surface area contributed by atoms with Crippen LogP contribution in [-0.2, 0) is 6.42 Å². The number of aryl methyl sites for hydroxylation is 1. The fourth-order valence-electron chi connectivity index (χ4n) is 7.59. The standard InChI is InChI=1S/C48H33NO2/c1-3-11-32(12-4-1)34-19-24-37(25-20-34)49(38-26-21-35(22-27-38)33-13-5-2-6-14-33)44-31-48-43(40-16-8-10-18-46(40)51-48)30-42(44)36-23-28-41-39-15-7-9-17-45(39)50-47(41)29-36/h1-9,11-17,19-31H,10,18H2. The molecule has 3 nitrogen and oxygen atoms in total. The Morgan fingerprint density at radius 1 is 0.431 bits per heavy atom. The van der Waals surface area contributed by atoms with Crippen molar-refractivity contribution in [1.29, 1.82) is 0 Å². The van der Waals surface area contributed by atoms with Gasteiger partial charge in [-0.3, -0.25) is 0 Å². The summed E-state index contributed by atoms with van der Waals surface area (Å²) in [4.78, 5) is 2.36. The second kappa shape index (κ2) is 12.1. The lowest BCUT2D eigenvalue weighted by atomic mass is 9.95. The second-order valence-corrected chi connectivity index (χ2v) is 13.2. The van der Waals surface area contributed by atoms with E-state index in [2.05, 4.69) is 169 Å². The van der Waals surface area contributed by atoms with Crippen molar-refractivity contribution in [3.8, 4) is 33.4 Å². The molecule has 0 unspecified atom stereocenters. The third-order valence-corrected chi connectivity index (χ3v) is 10.1. The van der Waals surface area contributed by atoms with Crippen LogP contribution in [-0.4, -0.2) is 0 Å². The predicted molar refractivity (Wildman–Crippen MR) is 212 cm³/mol. The Morgan fingerprint density at radius 2 is 1.00 bits per heavy atom. The average molecular weight is 656 g/mol. The van der Waals surface area contributed by atoms with E-state index in [1.54, 1.807) is 0 Å². The normalized spacial score (nSPS) is 12.5. The third-order valence-electron chi connectivity index (χ3n) is 10.1. The van der Waals surface area contributed by atoms with Gasteiger partial charge in [-0.15, -0.1) is 0 Å². The molecule has 2 aromatic heterocycles. The molecule has 0 saturated heterocycles. The quantitative estimate of drug-likeness (QED) is 0.179. The van der Waals surface area contributed by atoms with E-state index in [9.17, 15) is 0 Å². The number of hydrogen-bond donors (Lipinski definition) is 0. The molecular formula is C48H33NO2. The summed E-state index contributed by atoms with van der Waals surface area (Å²) >= 11 is 0. The minimum atomic E-state index is 0.875. The summed E-state index contributed by atoms with van der Waals surface area (Å²) in [6.45, 7) is 0. The van der Waals surface area contributed by atoms with Gasteiger partial charge in [-0.1, -0.05) is 121 Å². The molecule has 0 fully saturated rings. The van der Waals surface area contributed by atoms with Gasteiger partial charge in [-0.2, -0.15) is 0 Å². The largest absolute Gasteiger partial charge is 0.460 e. The van der Waals surface area contributed by atoms with Crippen LogP contribution in [0.2, 0.25) is 0 Å². The summed E-state index contributed by atoms with van der Waals surface area (Å²) in [5.74, 6) is 1.05. The highest BCUT2D eigenvalue weighted by atomic mass is 16.3. The smallest absolute Gasteiger partial charge is 0.137 e. The van der Waals surface area contributed by atoms with E-state index >= 15 is 0 Å². The lowest BCUT2D eigenvalue weighted by Crippen LogP contribution is -2.11. The summed E-state index contributed by atoms with van der Waals surface area (Å²) < 4.78 is 13.0. The number of nitrogens with zero attached hydrogens (tertiary/aromatic N) is 1. The number of fused-ring (bicyclic) bond motifs is 6. The highest BCUT2D eigenvalue weighted by molar-refractivity contribution is 6.07. The zero-order chi connectivity index (χ0) is 33.7. The summed E-state index contributed by atoms with van der Waals surface area (Å²) in [6, 6.07) is 58.2. The van der Waals surface area contributed by atoms with Crippen molar-refractivity contribution in [3.05, 3.63) is 181 Å². The number of anilines is 3. The van der Waals surface area contributed by atoms with Crippen molar-refractivity contribution in [2.24, 2.45) is 0 Å². The van der Waals surface area contributed by atoms with E-state index < -0.39 is 0 Å². The van der Waals surface area contributed by atoms with Crippen molar-refractivity contribution in [3.63, 3.8) is 0 Å². The lowest BCUT2D eigenvalue weighted by Gasteiger charge is -2.28. The molecule has 3 heteroatoms. The number of para-hydroxylation sites is 1. The molecule has 1 aliphatic rings. The van der Waals surface area contributed by atoms with Gasteiger partial charge in [0.25, 0.3) is 0 Å². The van der Waals surface area contributed by atoms with Gasteiger partial charge in [-0.25, -0.2) is 0 Å². The molecule has 0 atom stereocenters. The average Bonchev–Trinajstić information content (AvgIpc) is 3.76. The highest BCUT2D eigenvalue weighted by Crippen LogP contribution is 2.46. The maximum absolute atomic E-state index is 6.61. The SMILES string of the molecule is C1=Cc2c(oc3cc(N(c4ccc(-c5ccccc5)cc4)c4ccc(-c5ccccc5)cc4)c(-c4ccc5c(c4)oc4ccccc45)cc23)CC1. The second-order valence-electron chi connectivity index (χ2n) is 13.2. The molecule has 242 valence electrons. The molecule has 0 N–H and O–H groups in total. The Balaban J connectivity index is 1.20. The van der Waals surface area contributed by atoms with Crippen LogP contribution in [0, 0.1) is 0 Å². The number of benzene rings is 7. The molecule has 0 aliphatic heterocycles. The molecule has 0 amide bonds. The first kappa shape index (κ1) is 29.3. The topological polar surface area (TPSA) is 29.5 Å². The Labute approximate surface area is 296 Å². The van der Waals surface area contributed by atoms with Crippen LogP contribution in [0.5, 0.6) is 0 Å². The summed E-state index contributed by atoms with van der Waals surface area (Å²) in [5, 5.41) is 3.37. The van der Waals surface area contributed by atoms with Crippen molar-refractivity contribution < 1.29 is 8.83 Å². The molecule has 9 aromatic rings. The fourth-order valence-corrected chi connectivity index (χ4v) is 7.59. The Kier molecular flexibility index (Phi) is 6.95. The summed E-state index contributed by atoms with van der Waals surface area (Å²) in [6.07, 6.45) is 6.36. The van der Waals surface area contributed by atoms with Gasteiger partial charge < -0.3 is 13.7 Å². The van der Waals surface area contributed by atoms with Gasteiger partial charge in [0.05, 0.1) is 5.69 Å². The number of rotatable bonds is 6. The van der Waals surface area contributed by atoms with Gasteiger partial charge >= 0.3 is 0 Å². The number of hydrogen-bond acceptors (Lipinski definition) is 3.